The van der Waals surface area contributed by atoms with Gasteiger partial charge in [-0.15, -0.1) is 0 Å². The largest absolute Gasteiger partial charge is 0.507 e. The van der Waals surface area contributed by atoms with Crippen molar-refractivity contribution in [2.45, 2.75) is 0 Å². The Morgan fingerprint density at radius 2 is 1.82 bits per heavy atom. The number of phenolic OH excluding ortho intramolecular Hbond substituents is 1. The lowest BCUT2D eigenvalue weighted by Gasteiger charge is -2.07. The summed E-state index contributed by atoms with van der Waals surface area (Å²) in [6, 6.07) is 11.7. The number of aromatic nitrogens is 2. The molecule has 0 saturated heterocycles. The molecule has 1 N–H and O–H groups in total. The third kappa shape index (κ3) is 1.56. The van der Waals surface area contributed by atoms with Crippen LogP contribution in [0, 0.1) is 0 Å². The third-order valence-electron chi connectivity index (χ3n) is 2.93. The van der Waals surface area contributed by atoms with Crippen molar-refractivity contribution in [1.82, 2.24) is 9.55 Å². The molecule has 84 valence electrons. The fraction of sp³-hybridized carbons (Fsp3) is 0.0714. The molecule has 3 rings (SSSR count). The van der Waals surface area contributed by atoms with E-state index in [4.69, 9.17) is 0 Å². The standard InChI is InChI=1S/C14H12N2O/c1-16-7-6-15-14(16)12-8-10-4-2-3-5-11(10)9-13(12)17/h2-9,17H,1H3. The summed E-state index contributed by atoms with van der Waals surface area (Å²) >= 11 is 0. The van der Waals surface area contributed by atoms with E-state index in [9.17, 15) is 5.11 Å². The van der Waals surface area contributed by atoms with Crippen molar-refractivity contribution in [2.75, 3.05) is 0 Å². The Balaban J connectivity index is 2.30. The normalized spacial score (nSPS) is 10.9. The Morgan fingerprint density at radius 1 is 1.12 bits per heavy atom. The van der Waals surface area contributed by atoms with E-state index in [1.165, 1.54) is 0 Å². The highest BCUT2D eigenvalue weighted by Gasteiger charge is 2.09. The SMILES string of the molecule is Cn1ccnc1-c1cc2ccccc2cc1O. The minimum absolute atomic E-state index is 0.262. The van der Waals surface area contributed by atoms with Gasteiger partial charge in [0.15, 0.2) is 0 Å². The number of hydrogen-bond acceptors (Lipinski definition) is 2. The topological polar surface area (TPSA) is 38.0 Å². The molecule has 0 spiro atoms. The first kappa shape index (κ1) is 9.90. The molecule has 0 fully saturated rings. The van der Waals surface area contributed by atoms with Gasteiger partial charge in [0.05, 0.1) is 5.56 Å². The van der Waals surface area contributed by atoms with Crippen molar-refractivity contribution >= 4 is 10.8 Å². The minimum Gasteiger partial charge on any atom is -0.507 e. The summed E-state index contributed by atoms with van der Waals surface area (Å²) in [5.74, 6) is 1.03. The Morgan fingerprint density at radius 3 is 2.47 bits per heavy atom. The van der Waals surface area contributed by atoms with Crippen LogP contribution in [0.3, 0.4) is 0 Å². The van der Waals surface area contributed by atoms with Crippen LogP contribution in [0.25, 0.3) is 22.2 Å². The van der Waals surface area contributed by atoms with Crippen LogP contribution in [-0.4, -0.2) is 14.7 Å². The molecule has 0 radical (unpaired) electrons. The van der Waals surface area contributed by atoms with Gasteiger partial charge in [-0.2, -0.15) is 0 Å². The van der Waals surface area contributed by atoms with Gasteiger partial charge in [0.25, 0.3) is 0 Å². The van der Waals surface area contributed by atoms with E-state index in [0.717, 1.165) is 22.2 Å². The molecule has 3 heteroatoms. The smallest absolute Gasteiger partial charge is 0.143 e. The van der Waals surface area contributed by atoms with Crippen molar-refractivity contribution in [1.29, 1.82) is 0 Å². The van der Waals surface area contributed by atoms with Crippen LogP contribution in [0.4, 0.5) is 0 Å². The lowest BCUT2D eigenvalue weighted by molar-refractivity contribution is 0.477. The van der Waals surface area contributed by atoms with Gasteiger partial charge in [0.1, 0.15) is 11.6 Å². The van der Waals surface area contributed by atoms with Crippen LogP contribution >= 0.6 is 0 Å². The molecule has 17 heavy (non-hydrogen) atoms. The number of aromatic hydroxyl groups is 1. The van der Waals surface area contributed by atoms with E-state index < -0.39 is 0 Å². The summed E-state index contributed by atoms with van der Waals surface area (Å²) < 4.78 is 1.89. The summed E-state index contributed by atoms with van der Waals surface area (Å²) in [6.45, 7) is 0. The van der Waals surface area contributed by atoms with Crippen LogP contribution in [0.15, 0.2) is 48.8 Å². The second-order valence-corrected chi connectivity index (χ2v) is 4.08. The highest BCUT2D eigenvalue weighted by atomic mass is 16.3. The van der Waals surface area contributed by atoms with Crippen molar-refractivity contribution in [3.05, 3.63) is 48.8 Å². The number of rotatable bonds is 1. The number of aryl methyl sites for hydroxylation is 1. The van der Waals surface area contributed by atoms with E-state index in [2.05, 4.69) is 4.98 Å². The van der Waals surface area contributed by atoms with Crippen molar-refractivity contribution in [3.63, 3.8) is 0 Å². The lowest BCUT2D eigenvalue weighted by Crippen LogP contribution is -1.91. The van der Waals surface area contributed by atoms with Gasteiger partial charge in [0.2, 0.25) is 0 Å². The Labute approximate surface area is 99.0 Å². The van der Waals surface area contributed by atoms with Crippen LogP contribution in [-0.2, 0) is 7.05 Å². The van der Waals surface area contributed by atoms with E-state index in [1.807, 2.05) is 48.1 Å². The monoisotopic (exact) mass is 224 g/mol. The summed E-state index contributed by atoms with van der Waals surface area (Å²) in [5.41, 5.74) is 0.760. The second kappa shape index (κ2) is 3.63. The molecule has 0 aliphatic carbocycles. The van der Waals surface area contributed by atoms with Gasteiger partial charge in [-0.1, -0.05) is 24.3 Å². The summed E-state index contributed by atoms with van der Waals surface area (Å²) in [5, 5.41) is 12.2. The fourth-order valence-corrected chi connectivity index (χ4v) is 2.03. The van der Waals surface area contributed by atoms with Crippen molar-refractivity contribution in [3.8, 4) is 17.1 Å². The average molecular weight is 224 g/mol. The molecule has 3 nitrogen and oxygen atoms in total. The molecule has 3 aromatic rings. The van der Waals surface area contributed by atoms with Crippen LogP contribution in [0.2, 0.25) is 0 Å². The molecular weight excluding hydrogens is 212 g/mol. The third-order valence-corrected chi connectivity index (χ3v) is 2.93. The predicted molar refractivity (Wildman–Crippen MR) is 67.8 cm³/mol. The molecule has 2 aromatic carbocycles. The average Bonchev–Trinajstić information content (AvgIpc) is 2.74. The van der Waals surface area contributed by atoms with Crippen LogP contribution < -0.4 is 0 Å². The molecule has 0 atom stereocenters. The van der Waals surface area contributed by atoms with Crippen molar-refractivity contribution < 1.29 is 5.11 Å². The van der Waals surface area contributed by atoms with Gasteiger partial charge >= 0.3 is 0 Å². The number of hydrogen-bond donors (Lipinski definition) is 1. The molecule has 0 unspecified atom stereocenters. The summed E-state index contributed by atoms with van der Waals surface area (Å²) in [6.07, 6.45) is 3.59. The molecular formula is C14H12N2O. The highest BCUT2D eigenvalue weighted by Crippen LogP contribution is 2.31. The predicted octanol–water partition coefficient (Wildman–Crippen LogP) is 2.95. The van der Waals surface area contributed by atoms with Gasteiger partial charge in [0, 0.05) is 19.4 Å². The summed E-state index contributed by atoms with van der Waals surface area (Å²) in [7, 11) is 1.91. The van der Waals surface area contributed by atoms with Crippen LogP contribution in [0.1, 0.15) is 0 Å². The van der Waals surface area contributed by atoms with E-state index in [0.29, 0.717) is 0 Å². The molecule has 1 heterocycles. The van der Waals surface area contributed by atoms with Gasteiger partial charge in [-0.25, -0.2) is 4.98 Å². The first-order valence-corrected chi connectivity index (χ1v) is 5.45. The highest BCUT2D eigenvalue weighted by molar-refractivity contribution is 5.89. The summed E-state index contributed by atoms with van der Waals surface area (Å²) in [4.78, 5) is 4.26. The number of fused-ring (bicyclic) bond motifs is 1. The zero-order chi connectivity index (χ0) is 11.8. The number of phenols is 1. The Hall–Kier alpha value is -2.29. The molecule has 0 bridgehead atoms. The van der Waals surface area contributed by atoms with Gasteiger partial charge in [-0.05, 0) is 22.9 Å². The fourth-order valence-electron chi connectivity index (χ4n) is 2.03. The van der Waals surface area contributed by atoms with Gasteiger partial charge in [-0.3, -0.25) is 0 Å². The molecule has 0 aliphatic heterocycles. The maximum atomic E-state index is 10.1. The maximum Gasteiger partial charge on any atom is 0.143 e. The minimum atomic E-state index is 0.262. The van der Waals surface area contributed by atoms with Crippen molar-refractivity contribution in [2.24, 2.45) is 7.05 Å². The Bertz CT molecular complexity index is 686. The van der Waals surface area contributed by atoms with E-state index in [1.54, 1.807) is 12.3 Å². The second-order valence-electron chi connectivity index (χ2n) is 4.08. The van der Waals surface area contributed by atoms with Crippen LogP contribution in [0.5, 0.6) is 5.75 Å². The number of imidazole rings is 1. The van der Waals surface area contributed by atoms with E-state index in [-0.39, 0.29) is 5.75 Å². The quantitative estimate of drug-likeness (QED) is 0.690. The number of benzene rings is 2. The van der Waals surface area contributed by atoms with Gasteiger partial charge < -0.3 is 9.67 Å². The Kier molecular flexibility index (Phi) is 2.11. The molecule has 0 aliphatic rings. The van der Waals surface area contributed by atoms with E-state index >= 15 is 0 Å². The lowest BCUT2D eigenvalue weighted by atomic mass is 10.1. The first-order valence-electron chi connectivity index (χ1n) is 5.45. The molecule has 1 aromatic heterocycles. The molecule has 0 amide bonds. The zero-order valence-electron chi connectivity index (χ0n) is 9.46. The maximum absolute atomic E-state index is 10.1. The number of nitrogens with zero attached hydrogens (tertiary/aromatic N) is 2. The molecule has 0 saturated carbocycles. The zero-order valence-corrected chi connectivity index (χ0v) is 9.46. The first-order chi connectivity index (χ1) is 8.25.